The van der Waals surface area contributed by atoms with Crippen molar-refractivity contribution in [2.75, 3.05) is 19.3 Å². The van der Waals surface area contributed by atoms with Gasteiger partial charge >= 0.3 is 5.97 Å². The zero-order valence-electron chi connectivity index (χ0n) is 14.1. The number of fused-ring (bicyclic) bond motifs is 1. The van der Waals surface area contributed by atoms with Crippen LogP contribution in [0.5, 0.6) is 0 Å². The van der Waals surface area contributed by atoms with Crippen molar-refractivity contribution < 1.29 is 9.53 Å². The molecule has 0 bridgehead atoms. The lowest BCUT2D eigenvalue weighted by molar-refractivity contribution is 0.0376. The maximum atomic E-state index is 12.5. The molecule has 130 valence electrons. The Morgan fingerprint density at radius 1 is 1.42 bits per heavy atom. The number of hydrogen-bond donors (Lipinski definition) is 2. The van der Waals surface area contributed by atoms with Crippen LogP contribution in [0.4, 0.5) is 0 Å². The van der Waals surface area contributed by atoms with Gasteiger partial charge in [-0.05, 0) is 46.0 Å². The van der Waals surface area contributed by atoms with Crippen molar-refractivity contribution >= 4 is 23.4 Å². The maximum absolute atomic E-state index is 12.5. The molecule has 0 amide bonds. The van der Waals surface area contributed by atoms with Gasteiger partial charge in [0.25, 0.3) is 5.56 Å². The number of esters is 1. The summed E-state index contributed by atoms with van der Waals surface area (Å²) in [6.07, 6.45) is 3.51. The SMILES string of the molecule is CSc1nn2c(C3CCNCC3)cc(=O)[nH]c2c1C(=O)OC(C)C. The average Bonchev–Trinajstić information content (AvgIpc) is 2.92. The highest BCUT2D eigenvalue weighted by molar-refractivity contribution is 7.98. The zero-order chi connectivity index (χ0) is 17.3. The van der Waals surface area contributed by atoms with Gasteiger partial charge in [0.05, 0.1) is 11.8 Å². The van der Waals surface area contributed by atoms with E-state index in [2.05, 4.69) is 15.4 Å². The fraction of sp³-hybridized carbons (Fsp3) is 0.562. The number of thioether (sulfide) groups is 1. The second-order valence-corrected chi connectivity index (χ2v) is 6.98. The van der Waals surface area contributed by atoms with Crippen LogP contribution in [0.15, 0.2) is 15.9 Å². The zero-order valence-corrected chi connectivity index (χ0v) is 14.9. The predicted molar refractivity (Wildman–Crippen MR) is 93.0 cm³/mol. The molecule has 0 atom stereocenters. The highest BCUT2D eigenvalue weighted by atomic mass is 32.2. The van der Waals surface area contributed by atoms with Crippen LogP contribution in [-0.4, -0.2) is 46.0 Å². The minimum atomic E-state index is -0.456. The largest absolute Gasteiger partial charge is 0.459 e. The quantitative estimate of drug-likeness (QED) is 0.645. The van der Waals surface area contributed by atoms with E-state index in [9.17, 15) is 9.59 Å². The topological polar surface area (TPSA) is 88.5 Å². The molecule has 2 aromatic heterocycles. The monoisotopic (exact) mass is 350 g/mol. The summed E-state index contributed by atoms with van der Waals surface area (Å²) in [5.41, 5.74) is 1.39. The van der Waals surface area contributed by atoms with Gasteiger partial charge in [-0.3, -0.25) is 4.79 Å². The van der Waals surface area contributed by atoms with Crippen LogP contribution in [0.1, 0.15) is 48.7 Å². The van der Waals surface area contributed by atoms with Crippen molar-refractivity contribution in [3.63, 3.8) is 0 Å². The van der Waals surface area contributed by atoms with E-state index in [0.717, 1.165) is 31.6 Å². The number of aromatic nitrogens is 3. The lowest BCUT2D eigenvalue weighted by Crippen LogP contribution is -2.28. The Balaban J connectivity index is 2.17. The molecule has 1 aliphatic rings. The molecule has 0 aromatic carbocycles. The number of rotatable bonds is 4. The Kier molecular flexibility index (Phi) is 4.96. The van der Waals surface area contributed by atoms with Crippen molar-refractivity contribution in [3.8, 4) is 0 Å². The number of carbonyl (C=O) groups is 1. The van der Waals surface area contributed by atoms with E-state index in [0.29, 0.717) is 16.2 Å². The third-order valence-corrected chi connectivity index (χ3v) is 4.79. The van der Waals surface area contributed by atoms with Crippen LogP contribution >= 0.6 is 11.8 Å². The van der Waals surface area contributed by atoms with E-state index in [1.807, 2.05) is 6.26 Å². The van der Waals surface area contributed by atoms with Crippen molar-refractivity contribution in [1.29, 1.82) is 0 Å². The van der Waals surface area contributed by atoms with Crippen molar-refractivity contribution in [1.82, 2.24) is 19.9 Å². The second kappa shape index (κ2) is 6.98. The summed E-state index contributed by atoms with van der Waals surface area (Å²) < 4.78 is 7.04. The Bertz CT molecular complexity index is 805. The number of ether oxygens (including phenoxy) is 1. The predicted octanol–water partition coefficient (Wildman–Crippen LogP) is 1.78. The van der Waals surface area contributed by atoms with E-state index >= 15 is 0 Å². The van der Waals surface area contributed by atoms with Crippen LogP contribution in [-0.2, 0) is 4.74 Å². The number of carbonyl (C=O) groups excluding carboxylic acids is 1. The van der Waals surface area contributed by atoms with Crippen LogP contribution in [0.2, 0.25) is 0 Å². The van der Waals surface area contributed by atoms with Gasteiger partial charge in [-0.15, -0.1) is 11.8 Å². The maximum Gasteiger partial charge on any atom is 0.345 e. The van der Waals surface area contributed by atoms with Crippen LogP contribution < -0.4 is 10.9 Å². The highest BCUT2D eigenvalue weighted by Crippen LogP contribution is 2.29. The minimum absolute atomic E-state index is 0.220. The molecule has 0 radical (unpaired) electrons. The summed E-state index contributed by atoms with van der Waals surface area (Å²) in [5.74, 6) is -0.206. The molecule has 1 saturated heterocycles. The molecule has 24 heavy (non-hydrogen) atoms. The molecule has 1 aliphatic heterocycles. The van der Waals surface area contributed by atoms with E-state index < -0.39 is 5.97 Å². The first-order valence-electron chi connectivity index (χ1n) is 8.13. The lowest BCUT2D eigenvalue weighted by atomic mass is 9.94. The van der Waals surface area contributed by atoms with E-state index in [1.54, 1.807) is 24.4 Å². The Morgan fingerprint density at radius 2 is 2.12 bits per heavy atom. The molecule has 8 heteroatoms. The number of hydrogen-bond acceptors (Lipinski definition) is 6. The van der Waals surface area contributed by atoms with E-state index in [1.165, 1.54) is 11.8 Å². The molecule has 1 fully saturated rings. The summed E-state index contributed by atoms with van der Waals surface area (Å²) >= 11 is 1.37. The third-order valence-electron chi connectivity index (χ3n) is 4.12. The van der Waals surface area contributed by atoms with Gasteiger partial charge in [0.1, 0.15) is 10.6 Å². The van der Waals surface area contributed by atoms with Gasteiger partial charge in [0, 0.05) is 12.0 Å². The molecular formula is C16H22N4O3S. The molecule has 0 spiro atoms. The Hall–Kier alpha value is -1.80. The first-order chi connectivity index (χ1) is 11.5. The minimum Gasteiger partial charge on any atom is -0.459 e. The second-order valence-electron chi connectivity index (χ2n) is 6.18. The van der Waals surface area contributed by atoms with Crippen molar-refractivity contribution in [3.05, 3.63) is 27.7 Å². The molecule has 2 N–H and O–H groups in total. The van der Waals surface area contributed by atoms with Crippen molar-refractivity contribution in [2.24, 2.45) is 0 Å². The molecule has 0 unspecified atom stereocenters. The Labute approximate surface area is 144 Å². The van der Waals surface area contributed by atoms with Gasteiger partial charge in [-0.1, -0.05) is 0 Å². The number of aromatic amines is 1. The normalized spacial score (nSPS) is 16.0. The molecule has 3 rings (SSSR count). The first kappa shape index (κ1) is 17.0. The van der Waals surface area contributed by atoms with Crippen molar-refractivity contribution in [2.45, 2.75) is 43.7 Å². The lowest BCUT2D eigenvalue weighted by Gasteiger charge is -2.23. The molecule has 2 aromatic rings. The van der Waals surface area contributed by atoms with Gasteiger partial charge in [-0.2, -0.15) is 5.10 Å². The van der Waals surface area contributed by atoms with Crippen LogP contribution in [0, 0.1) is 0 Å². The van der Waals surface area contributed by atoms with Gasteiger partial charge < -0.3 is 15.0 Å². The van der Waals surface area contributed by atoms with Crippen LogP contribution in [0.25, 0.3) is 5.65 Å². The van der Waals surface area contributed by atoms with Gasteiger partial charge in [0.2, 0.25) is 0 Å². The first-order valence-corrected chi connectivity index (χ1v) is 9.35. The molecule has 0 saturated carbocycles. The van der Waals surface area contributed by atoms with Crippen LogP contribution in [0.3, 0.4) is 0 Å². The summed E-state index contributed by atoms with van der Waals surface area (Å²) in [7, 11) is 0. The number of piperidine rings is 1. The molecule has 3 heterocycles. The third kappa shape index (κ3) is 3.21. The van der Waals surface area contributed by atoms with Gasteiger partial charge in [-0.25, -0.2) is 9.31 Å². The summed E-state index contributed by atoms with van der Waals surface area (Å²) in [6.45, 7) is 5.42. The Morgan fingerprint density at radius 3 is 2.75 bits per heavy atom. The molecule has 7 nitrogen and oxygen atoms in total. The fourth-order valence-electron chi connectivity index (χ4n) is 3.06. The summed E-state index contributed by atoms with van der Waals surface area (Å²) in [4.78, 5) is 27.4. The van der Waals surface area contributed by atoms with E-state index in [4.69, 9.17) is 4.74 Å². The fourth-order valence-corrected chi connectivity index (χ4v) is 3.60. The molecular weight excluding hydrogens is 328 g/mol. The van der Waals surface area contributed by atoms with E-state index in [-0.39, 0.29) is 17.6 Å². The number of nitrogens with zero attached hydrogens (tertiary/aromatic N) is 2. The smallest absolute Gasteiger partial charge is 0.345 e. The number of H-pyrrole nitrogens is 1. The average molecular weight is 350 g/mol. The summed E-state index contributed by atoms with van der Waals surface area (Å²) in [5, 5.41) is 8.45. The molecule has 0 aliphatic carbocycles. The summed E-state index contributed by atoms with van der Waals surface area (Å²) in [6, 6.07) is 1.59. The highest BCUT2D eigenvalue weighted by Gasteiger charge is 2.26. The number of nitrogens with one attached hydrogen (secondary N) is 2. The standard InChI is InChI=1S/C16H22N4O3S/c1-9(2)23-16(22)13-14-18-12(21)8-11(10-4-6-17-7-5-10)20(14)19-15(13)24-3/h8-10,17H,4-7H2,1-3H3,(H,18,21). The van der Waals surface area contributed by atoms with Gasteiger partial charge in [0.15, 0.2) is 5.65 Å².